The number of allylic oxidation sites excluding steroid dienone is 1. The highest BCUT2D eigenvalue weighted by molar-refractivity contribution is 7.17. The monoisotopic (exact) mass is 400 g/mol. The maximum absolute atomic E-state index is 13.4. The summed E-state index contributed by atoms with van der Waals surface area (Å²) in [6.07, 6.45) is 5.12. The SMILES string of the molecule is C/N=C\C(=C/N)N1CCc2nc(-c3ccc(N4CCC(F)C4)nc3)sc2C1=O. The number of nitrogens with zero attached hydrogens (tertiary/aromatic N) is 5. The highest BCUT2D eigenvalue weighted by Crippen LogP contribution is 2.33. The van der Waals surface area contributed by atoms with Crippen molar-refractivity contribution in [3.05, 3.63) is 40.8 Å². The molecule has 2 aliphatic heterocycles. The standard InChI is InChI=1S/C19H21FN6OS/c1-22-10-14(8-21)26-7-5-15-17(19(26)27)28-18(24-15)12-2-3-16(23-9-12)25-6-4-13(20)11-25/h2-3,8-10,13H,4-7,11,21H2,1H3/b14-8+,22-10-. The lowest BCUT2D eigenvalue weighted by Gasteiger charge is -2.26. The zero-order chi connectivity index (χ0) is 19.7. The van der Waals surface area contributed by atoms with Gasteiger partial charge in [0.1, 0.15) is 21.9 Å². The second-order valence-corrected chi connectivity index (χ2v) is 7.72. The van der Waals surface area contributed by atoms with Gasteiger partial charge in [-0.1, -0.05) is 0 Å². The number of alkyl halides is 1. The Hall–Kier alpha value is -2.81. The van der Waals surface area contributed by atoms with E-state index >= 15 is 0 Å². The molecule has 1 atom stereocenters. The Morgan fingerprint density at radius 2 is 2.29 bits per heavy atom. The minimum absolute atomic E-state index is 0.114. The van der Waals surface area contributed by atoms with Crippen LogP contribution in [0.15, 0.2) is 35.2 Å². The van der Waals surface area contributed by atoms with Crippen LogP contribution in [0, 0.1) is 0 Å². The molecule has 2 N–H and O–H groups in total. The molecule has 7 nitrogen and oxygen atoms in total. The third kappa shape index (κ3) is 3.37. The number of carbonyl (C=O) groups excluding carboxylic acids is 1. The first kappa shape index (κ1) is 18.5. The molecule has 1 fully saturated rings. The smallest absolute Gasteiger partial charge is 0.270 e. The maximum Gasteiger partial charge on any atom is 0.270 e. The molecule has 4 rings (SSSR count). The maximum atomic E-state index is 13.4. The van der Waals surface area contributed by atoms with Crippen LogP contribution in [0.2, 0.25) is 0 Å². The van der Waals surface area contributed by atoms with Crippen molar-refractivity contribution in [2.75, 3.05) is 31.6 Å². The van der Waals surface area contributed by atoms with Crippen molar-refractivity contribution in [1.29, 1.82) is 0 Å². The molecule has 2 aromatic rings. The zero-order valence-electron chi connectivity index (χ0n) is 15.5. The Kier molecular flexibility index (Phi) is 5.08. The van der Waals surface area contributed by atoms with Gasteiger partial charge in [0.05, 0.1) is 17.9 Å². The number of thiazole rings is 1. The van der Waals surface area contributed by atoms with E-state index in [0.717, 1.165) is 22.1 Å². The molecule has 0 radical (unpaired) electrons. The van der Waals surface area contributed by atoms with Crippen LogP contribution in [0.4, 0.5) is 10.2 Å². The van der Waals surface area contributed by atoms with Crippen LogP contribution in [-0.2, 0) is 6.42 Å². The number of fused-ring (bicyclic) bond motifs is 1. The molecule has 0 bridgehead atoms. The second kappa shape index (κ2) is 7.67. The number of nitrogens with two attached hydrogens (primary N) is 1. The van der Waals surface area contributed by atoms with Crippen LogP contribution in [0.3, 0.4) is 0 Å². The summed E-state index contributed by atoms with van der Waals surface area (Å²) in [5, 5.41) is 0.756. The summed E-state index contributed by atoms with van der Waals surface area (Å²) in [5.41, 5.74) is 7.88. The Balaban J connectivity index is 1.57. The summed E-state index contributed by atoms with van der Waals surface area (Å²) in [4.78, 5) is 30.1. The fraction of sp³-hybridized carbons (Fsp3) is 0.368. The molecule has 146 valence electrons. The molecule has 0 aliphatic carbocycles. The average molecular weight is 400 g/mol. The van der Waals surface area contributed by atoms with Crippen molar-refractivity contribution in [3.63, 3.8) is 0 Å². The van der Waals surface area contributed by atoms with E-state index in [2.05, 4.69) is 15.0 Å². The Bertz CT molecular complexity index is 938. The molecular formula is C19H21FN6OS. The number of hydrogen-bond acceptors (Lipinski definition) is 7. The van der Waals surface area contributed by atoms with E-state index in [1.165, 1.54) is 17.5 Å². The van der Waals surface area contributed by atoms with Crippen molar-refractivity contribution in [3.8, 4) is 10.6 Å². The third-order valence-electron chi connectivity index (χ3n) is 4.90. The van der Waals surface area contributed by atoms with Crippen molar-refractivity contribution in [1.82, 2.24) is 14.9 Å². The van der Waals surface area contributed by atoms with E-state index in [4.69, 9.17) is 5.73 Å². The van der Waals surface area contributed by atoms with Crippen molar-refractivity contribution in [2.24, 2.45) is 10.7 Å². The van der Waals surface area contributed by atoms with Crippen LogP contribution < -0.4 is 10.6 Å². The number of carbonyl (C=O) groups is 1. The van der Waals surface area contributed by atoms with Crippen LogP contribution in [0.1, 0.15) is 21.8 Å². The van der Waals surface area contributed by atoms with E-state index in [1.807, 2.05) is 17.0 Å². The predicted octanol–water partition coefficient (Wildman–Crippen LogP) is 2.25. The van der Waals surface area contributed by atoms with Gasteiger partial charge in [-0.05, 0) is 18.6 Å². The van der Waals surface area contributed by atoms with Gasteiger partial charge in [0.25, 0.3) is 5.91 Å². The number of hydrogen-bond donors (Lipinski definition) is 1. The van der Waals surface area contributed by atoms with E-state index in [1.54, 1.807) is 24.4 Å². The largest absolute Gasteiger partial charge is 0.403 e. The molecule has 0 saturated carbocycles. The van der Waals surface area contributed by atoms with Crippen LogP contribution >= 0.6 is 11.3 Å². The zero-order valence-corrected chi connectivity index (χ0v) is 16.3. The lowest BCUT2D eigenvalue weighted by Crippen LogP contribution is -2.37. The van der Waals surface area contributed by atoms with E-state index in [9.17, 15) is 9.18 Å². The Morgan fingerprint density at radius 1 is 1.43 bits per heavy atom. The van der Waals surface area contributed by atoms with Gasteiger partial charge in [-0.2, -0.15) is 0 Å². The number of anilines is 1. The number of halogens is 1. The Labute approximate surface area is 166 Å². The first-order valence-corrected chi connectivity index (χ1v) is 9.93. The fourth-order valence-electron chi connectivity index (χ4n) is 3.46. The van der Waals surface area contributed by atoms with Gasteiger partial charge in [0.2, 0.25) is 0 Å². The van der Waals surface area contributed by atoms with Gasteiger partial charge in [-0.3, -0.25) is 9.79 Å². The van der Waals surface area contributed by atoms with E-state index < -0.39 is 6.17 Å². The minimum Gasteiger partial charge on any atom is -0.403 e. The summed E-state index contributed by atoms with van der Waals surface area (Å²) in [6, 6.07) is 3.81. The summed E-state index contributed by atoms with van der Waals surface area (Å²) >= 11 is 1.36. The lowest BCUT2D eigenvalue weighted by molar-refractivity contribution is 0.0805. The minimum atomic E-state index is -0.786. The van der Waals surface area contributed by atoms with Crippen molar-refractivity contribution < 1.29 is 9.18 Å². The topological polar surface area (TPSA) is 87.7 Å². The number of aromatic nitrogens is 2. The van der Waals surface area contributed by atoms with Gasteiger partial charge >= 0.3 is 0 Å². The quantitative estimate of drug-likeness (QED) is 0.796. The first-order valence-electron chi connectivity index (χ1n) is 9.11. The highest BCUT2D eigenvalue weighted by Gasteiger charge is 2.30. The number of amides is 1. The molecule has 4 heterocycles. The van der Waals surface area contributed by atoms with Gasteiger partial charge in [0.15, 0.2) is 0 Å². The molecule has 1 saturated heterocycles. The molecule has 2 aliphatic rings. The van der Waals surface area contributed by atoms with Crippen LogP contribution in [-0.4, -0.2) is 59.8 Å². The van der Waals surface area contributed by atoms with Gasteiger partial charge in [0, 0.05) is 50.7 Å². The molecule has 1 amide bonds. The number of rotatable bonds is 4. The second-order valence-electron chi connectivity index (χ2n) is 6.72. The number of pyridine rings is 1. The summed E-state index contributed by atoms with van der Waals surface area (Å²) < 4.78 is 13.4. The van der Waals surface area contributed by atoms with Crippen molar-refractivity contribution >= 4 is 29.3 Å². The lowest BCUT2D eigenvalue weighted by atomic mass is 10.1. The number of aliphatic imine (C=N–C) groups is 1. The van der Waals surface area contributed by atoms with Gasteiger partial charge in [-0.25, -0.2) is 14.4 Å². The molecule has 2 aromatic heterocycles. The average Bonchev–Trinajstić information content (AvgIpc) is 3.34. The van der Waals surface area contributed by atoms with Gasteiger partial charge < -0.3 is 15.5 Å². The first-order chi connectivity index (χ1) is 13.6. The van der Waals surface area contributed by atoms with E-state index in [0.29, 0.717) is 43.1 Å². The third-order valence-corrected chi connectivity index (χ3v) is 6.04. The summed E-state index contributed by atoms with van der Waals surface area (Å²) in [7, 11) is 1.64. The highest BCUT2D eigenvalue weighted by atomic mass is 32.1. The normalized spacial score (nSPS) is 20.3. The fourth-order valence-corrected chi connectivity index (χ4v) is 4.51. The van der Waals surface area contributed by atoms with Gasteiger partial charge in [-0.15, -0.1) is 11.3 Å². The molecule has 1 unspecified atom stereocenters. The molecule has 28 heavy (non-hydrogen) atoms. The Morgan fingerprint density at radius 3 is 2.93 bits per heavy atom. The van der Waals surface area contributed by atoms with Crippen molar-refractivity contribution in [2.45, 2.75) is 19.0 Å². The summed E-state index contributed by atoms with van der Waals surface area (Å²) in [6.45, 7) is 1.59. The summed E-state index contributed by atoms with van der Waals surface area (Å²) in [5.74, 6) is 0.654. The van der Waals surface area contributed by atoms with E-state index in [-0.39, 0.29) is 5.91 Å². The predicted molar refractivity (Wildman–Crippen MR) is 108 cm³/mol. The molecule has 0 aromatic carbocycles. The molecule has 9 heteroatoms. The molecule has 0 spiro atoms. The van der Waals surface area contributed by atoms with Crippen LogP contribution in [0.5, 0.6) is 0 Å². The van der Waals surface area contributed by atoms with Crippen LogP contribution in [0.25, 0.3) is 10.6 Å². The molecular weight excluding hydrogens is 379 g/mol.